The summed E-state index contributed by atoms with van der Waals surface area (Å²) in [4.78, 5) is 14.7. The van der Waals surface area contributed by atoms with Gasteiger partial charge in [-0.1, -0.05) is 42.5 Å². The first-order valence-corrected chi connectivity index (χ1v) is 13.0. The molecule has 0 aliphatic carbocycles. The highest BCUT2D eigenvalue weighted by molar-refractivity contribution is 7.92. The Morgan fingerprint density at radius 2 is 1.50 bits per heavy atom. The maximum Gasteiger partial charge on any atom is 0.271 e. The van der Waals surface area contributed by atoms with Crippen LogP contribution in [-0.4, -0.2) is 39.9 Å². The van der Waals surface area contributed by atoms with Crippen LogP contribution < -0.4 is 14.6 Å². The molecule has 0 aliphatic rings. The number of nitrogens with zero attached hydrogens (tertiary/aromatic N) is 3. The molecule has 1 N–H and O–H groups in total. The van der Waals surface area contributed by atoms with E-state index in [1.807, 2.05) is 30.3 Å². The van der Waals surface area contributed by atoms with Crippen LogP contribution in [0.1, 0.15) is 35.3 Å². The lowest BCUT2D eigenvalue weighted by atomic mass is 10.1. The van der Waals surface area contributed by atoms with Crippen LogP contribution in [0.5, 0.6) is 0 Å². The lowest BCUT2D eigenvalue weighted by Crippen LogP contribution is -2.29. The van der Waals surface area contributed by atoms with Gasteiger partial charge >= 0.3 is 0 Å². The smallest absolute Gasteiger partial charge is 0.271 e. The van der Waals surface area contributed by atoms with E-state index >= 15 is 0 Å². The van der Waals surface area contributed by atoms with Crippen molar-refractivity contribution in [3.05, 3.63) is 95.6 Å². The molecule has 0 fully saturated rings. The van der Waals surface area contributed by atoms with Gasteiger partial charge in [-0.3, -0.25) is 9.10 Å². The zero-order valence-corrected chi connectivity index (χ0v) is 20.5. The van der Waals surface area contributed by atoms with Gasteiger partial charge in [0.25, 0.3) is 5.91 Å². The average Bonchev–Trinajstić information content (AvgIpc) is 2.84. The summed E-state index contributed by atoms with van der Waals surface area (Å²) in [6.45, 7) is 6.29. The summed E-state index contributed by atoms with van der Waals surface area (Å²) in [6.07, 6.45) is 2.78. The maximum absolute atomic E-state index is 12.4. The summed E-state index contributed by atoms with van der Waals surface area (Å²) < 4.78 is 25.9. The number of carbonyl (C=O) groups is 1. The molecule has 0 radical (unpaired) electrons. The van der Waals surface area contributed by atoms with Crippen LogP contribution in [0.2, 0.25) is 0 Å². The Kier molecular flexibility index (Phi) is 8.43. The summed E-state index contributed by atoms with van der Waals surface area (Å²) in [5.74, 6) is -0.342. The summed E-state index contributed by atoms with van der Waals surface area (Å²) >= 11 is 0. The molecule has 0 aromatic heterocycles. The number of sulfonamides is 1. The Hall–Kier alpha value is -3.65. The number of anilines is 2. The highest BCUT2D eigenvalue weighted by atomic mass is 32.2. The lowest BCUT2D eigenvalue weighted by Gasteiger charge is -2.22. The maximum atomic E-state index is 12.4. The van der Waals surface area contributed by atoms with Crippen molar-refractivity contribution in [3.8, 4) is 0 Å². The second kappa shape index (κ2) is 11.5. The van der Waals surface area contributed by atoms with E-state index < -0.39 is 10.0 Å². The quantitative estimate of drug-likeness (QED) is 0.349. The normalized spacial score (nSPS) is 11.4. The highest BCUT2D eigenvalue weighted by Crippen LogP contribution is 2.20. The van der Waals surface area contributed by atoms with Crippen LogP contribution in [0.4, 0.5) is 11.4 Å². The van der Waals surface area contributed by atoms with Crippen molar-refractivity contribution in [1.82, 2.24) is 5.43 Å². The van der Waals surface area contributed by atoms with Crippen LogP contribution in [-0.2, 0) is 16.6 Å². The van der Waals surface area contributed by atoms with Crippen LogP contribution >= 0.6 is 0 Å². The predicted octanol–water partition coefficient (Wildman–Crippen LogP) is 4.26. The van der Waals surface area contributed by atoms with Crippen molar-refractivity contribution in [3.63, 3.8) is 0 Å². The molecule has 0 spiro atoms. The van der Waals surface area contributed by atoms with Crippen LogP contribution in [0, 0.1) is 0 Å². The summed E-state index contributed by atoms with van der Waals surface area (Å²) in [5.41, 5.74) is 6.35. The fraction of sp³-hybridized carbons (Fsp3) is 0.231. The minimum atomic E-state index is -3.46. The van der Waals surface area contributed by atoms with E-state index in [9.17, 15) is 13.2 Å². The number of hydrogen-bond donors (Lipinski definition) is 1. The molecule has 3 aromatic rings. The van der Waals surface area contributed by atoms with E-state index in [1.54, 1.807) is 54.7 Å². The van der Waals surface area contributed by atoms with E-state index in [1.165, 1.54) is 10.6 Å². The number of hydrogen-bond acceptors (Lipinski definition) is 5. The first-order valence-electron chi connectivity index (χ1n) is 11.1. The number of para-hydroxylation sites is 1. The van der Waals surface area contributed by atoms with Gasteiger partial charge in [0.15, 0.2) is 0 Å². The number of rotatable bonds is 10. The van der Waals surface area contributed by atoms with Crippen molar-refractivity contribution in [2.24, 2.45) is 5.10 Å². The molecular weight excluding hydrogens is 448 g/mol. The van der Waals surface area contributed by atoms with E-state index in [2.05, 4.69) is 29.3 Å². The molecular formula is C26H30N4O3S. The van der Waals surface area contributed by atoms with Gasteiger partial charge in [0.1, 0.15) is 0 Å². The van der Waals surface area contributed by atoms with Gasteiger partial charge in [0.2, 0.25) is 10.0 Å². The summed E-state index contributed by atoms with van der Waals surface area (Å²) in [5, 5.41) is 4.05. The monoisotopic (exact) mass is 478 g/mol. The largest absolute Gasteiger partial charge is 0.372 e. The minimum Gasteiger partial charge on any atom is -0.372 e. The van der Waals surface area contributed by atoms with Gasteiger partial charge in [-0.15, -0.1) is 0 Å². The summed E-state index contributed by atoms with van der Waals surface area (Å²) in [7, 11) is -3.46. The standard InChI is InChI=1S/C26H30N4O3S/c1-4-29(5-2)24-17-13-21(14-18-24)19-27-28-26(31)23-15-11-22(12-16-23)20-30(34(3,32)33)25-9-7-6-8-10-25/h6-19H,4-5,20H2,1-3H3,(H,28,31)/b27-19+. The number of carbonyl (C=O) groups excluding carboxylic acids is 1. The van der Waals surface area contributed by atoms with Crippen molar-refractivity contribution in [1.29, 1.82) is 0 Å². The van der Waals surface area contributed by atoms with Gasteiger partial charge < -0.3 is 4.90 Å². The van der Waals surface area contributed by atoms with Gasteiger partial charge in [0, 0.05) is 24.3 Å². The van der Waals surface area contributed by atoms with E-state index in [0.29, 0.717) is 11.3 Å². The molecule has 0 unspecified atom stereocenters. The molecule has 0 heterocycles. The highest BCUT2D eigenvalue weighted by Gasteiger charge is 2.17. The Balaban J connectivity index is 1.61. The molecule has 34 heavy (non-hydrogen) atoms. The molecule has 8 heteroatoms. The first kappa shape index (κ1) is 25.0. The molecule has 0 bridgehead atoms. The molecule has 0 saturated heterocycles. The zero-order valence-electron chi connectivity index (χ0n) is 19.7. The fourth-order valence-corrected chi connectivity index (χ4v) is 4.40. The Morgan fingerprint density at radius 3 is 2.06 bits per heavy atom. The van der Waals surface area contributed by atoms with Crippen molar-refractivity contribution in [2.45, 2.75) is 20.4 Å². The number of nitrogens with one attached hydrogen (secondary N) is 1. The second-order valence-electron chi connectivity index (χ2n) is 7.77. The number of amides is 1. The van der Waals surface area contributed by atoms with Gasteiger partial charge in [-0.25, -0.2) is 13.8 Å². The van der Waals surface area contributed by atoms with E-state index in [-0.39, 0.29) is 12.5 Å². The molecule has 0 aliphatic heterocycles. The Labute approximate surface area is 201 Å². The molecule has 3 rings (SSSR count). The topological polar surface area (TPSA) is 82.1 Å². The van der Waals surface area contributed by atoms with Crippen molar-refractivity contribution in [2.75, 3.05) is 28.6 Å². The van der Waals surface area contributed by atoms with Gasteiger partial charge in [0.05, 0.1) is 24.7 Å². The fourth-order valence-electron chi connectivity index (χ4n) is 3.51. The first-order chi connectivity index (χ1) is 16.3. The molecule has 1 amide bonds. The van der Waals surface area contributed by atoms with Crippen LogP contribution in [0.15, 0.2) is 84.0 Å². The zero-order chi connectivity index (χ0) is 24.6. The van der Waals surface area contributed by atoms with Crippen LogP contribution in [0.3, 0.4) is 0 Å². The van der Waals surface area contributed by atoms with E-state index in [4.69, 9.17) is 0 Å². The third-order valence-corrected chi connectivity index (χ3v) is 6.53. The molecule has 7 nitrogen and oxygen atoms in total. The number of hydrazone groups is 1. The minimum absolute atomic E-state index is 0.173. The van der Waals surface area contributed by atoms with E-state index in [0.717, 1.165) is 29.9 Å². The Morgan fingerprint density at radius 1 is 0.882 bits per heavy atom. The average molecular weight is 479 g/mol. The Bertz CT molecular complexity index is 1210. The van der Waals surface area contributed by atoms with Crippen molar-refractivity contribution < 1.29 is 13.2 Å². The second-order valence-corrected chi connectivity index (χ2v) is 9.67. The summed E-state index contributed by atoms with van der Waals surface area (Å²) in [6, 6.07) is 23.7. The van der Waals surface area contributed by atoms with Gasteiger partial charge in [-0.2, -0.15) is 5.10 Å². The third kappa shape index (κ3) is 6.68. The molecule has 0 atom stereocenters. The lowest BCUT2D eigenvalue weighted by molar-refractivity contribution is 0.0955. The molecule has 3 aromatic carbocycles. The number of benzene rings is 3. The van der Waals surface area contributed by atoms with Crippen LogP contribution in [0.25, 0.3) is 0 Å². The predicted molar refractivity (Wildman–Crippen MR) is 139 cm³/mol. The SMILES string of the molecule is CCN(CC)c1ccc(/C=N/NC(=O)c2ccc(CN(c3ccccc3)S(C)(=O)=O)cc2)cc1. The van der Waals surface area contributed by atoms with Crippen molar-refractivity contribution >= 4 is 33.5 Å². The molecule has 178 valence electrons. The third-order valence-electron chi connectivity index (χ3n) is 5.39. The van der Waals surface area contributed by atoms with Gasteiger partial charge in [-0.05, 0) is 61.4 Å². The molecule has 0 saturated carbocycles.